The lowest BCUT2D eigenvalue weighted by Gasteiger charge is -2.09. The molecule has 3 rings (SSSR count). The summed E-state index contributed by atoms with van der Waals surface area (Å²) >= 11 is 0. The molecule has 2 aromatic carbocycles. The van der Waals surface area contributed by atoms with Gasteiger partial charge in [0.05, 0.1) is 0 Å². The molecule has 1 amide bonds. The monoisotopic (exact) mass is 281 g/mol. The van der Waals surface area contributed by atoms with Crippen LogP contribution in [0.5, 0.6) is 5.75 Å². The van der Waals surface area contributed by atoms with E-state index in [0.717, 1.165) is 10.9 Å². The molecule has 0 unspecified atom stereocenters. The number of phenolic OH excluding ortho intramolecular Hbond substituents is 1. The van der Waals surface area contributed by atoms with Crippen molar-refractivity contribution in [3.05, 3.63) is 59.4 Å². The van der Waals surface area contributed by atoms with Gasteiger partial charge >= 0.3 is 0 Å². The molecule has 0 atom stereocenters. The van der Waals surface area contributed by atoms with Crippen molar-refractivity contribution >= 4 is 22.6 Å². The number of carbonyl (C=O) groups is 1. The number of phenols is 1. The normalized spacial score (nSPS) is 10.8. The summed E-state index contributed by atoms with van der Waals surface area (Å²) in [5.41, 5.74) is 2.85. The first-order valence-corrected chi connectivity index (χ1v) is 6.65. The Morgan fingerprint density at radius 1 is 1.10 bits per heavy atom. The molecule has 0 saturated heterocycles. The van der Waals surface area contributed by atoms with Crippen molar-refractivity contribution in [2.75, 3.05) is 5.32 Å². The standard InChI is InChI=1S/C17H15NO3/c1-10-8-14(19)11(2)7-13(10)18-17(20)16-9-12-5-3-4-6-15(12)21-16/h3-9,19H,1-2H3,(H,18,20). The molecular weight excluding hydrogens is 266 g/mol. The first-order valence-electron chi connectivity index (χ1n) is 6.65. The summed E-state index contributed by atoms with van der Waals surface area (Å²) in [6.07, 6.45) is 0. The molecule has 0 bridgehead atoms. The van der Waals surface area contributed by atoms with Crippen LogP contribution in [0.1, 0.15) is 21.7 Å². The maximum atomic E-state index is 12.3. The van der Waals surface area contributed by atoms with Crippen LogP contribution in [0, 0.1) is 13.8 Å². The van der Waals surface area contributed by atoms with Crippen LogP contribution in [0.4, 0.5) is 5.69 Å². The number of benzene rings is 2. The molecule has 3 aromatic rings. The molecule has 0 aliphatic carbocycles. The second kappa shape index (κ2) is 4.98. The van der Waals surface area contributed by atoms with Crippen molar-refractivity contribution in [1.29, 1.82) is 0 Å². The van der Waals surface area contributed by atoms with Crippen molar-refractivity contribution in [1.82, 2.24) is 0 Å². The van der Waals surface area contributed by atoms with Gasteiger partial charge in [-0.1, -0.05) is 18.2 Å². The van der Waals surface area contributed by atoms with E-state index >= 15 is 0 Å². The number of aromatic hydroxyl groups is 1. The van der Waals surface area contributed by atoms with Gasteiger partial charge < -0.3 is 14.8 Å². The lowest BCUT2D eigenvalue weighted by molar-refractivity contribution is 0.0998. The van der Waals surface area contributed by atoms with E-state index in [-0.39, 0.29) is 17.4 Å². The largest absolute Gasteiger partial charge is 0.508 e. The first-order chi connectivity index (χ1) is 10.0. The van der Waals surface area contributed by atoms with Gasteiger partial charge in [-0.2, -0.15) is 0 Å². The SMILES string of the molecule is Cc1cc(NC(=O)c2cc3ccccc3o2)c(C)cc1O. The van der Waals surface area contributed by atoms with E-state index < -0.39 is 0 Å². The molecule has 0 aliphatic heterocycles. The minimum Gasteiger partial charge on any atom is -0.508 e. The molecule has 0 aliphatic rings. The summed E-state index contributed by atoms with van der Waals surface area (Å²) in [5.74, 6) is 0.176. The molecule has 0 fully saturated rings. The van der Waals surface area contributed by atoms with Crippen molar-refractivity contribution in [2.24, 2.45) is 0 Å². The average Bonchev–Trinajstić information content (AvgIpc) is 2.88. The number of fused-ring (bicyclic) bond motifs is 1. The number of aryl methyl sites for hydroxylation is 2. The highest BCUT2D eigenvalue weighted by Crippen LogP contribution is 2.26. The van der Waals surface area contributed by atoms with Crippen LogP contribution in [0.3, 0.4) is 0 Å². The Morgan fingerprint density at radius 2 is 1.86 bits per heavy atom. The molecule has 1 aromatic heterocycles. The molecule has 4 nitrogen and oxygen atoms in total. The fourth-order valence-electron chi connectivity index (χ4n) is 2.21. The second-order valence-corrected chi connectivity index (χ2v) is 5.06. The lowest BCUT2D eigenvalue weighted by atomic mass is 10.1. The van der Waals surface area contributed by atoms with Gasteiger partial charge in [-0.05, 0) is 49.2 Å². The predicted octanol–water partition coefficient (Wildman–Crippen LogP) is 4.01. The Kier molecular flexibility index (Phi) is 3.14. The van der Waals surface area contributed by atoms with Crippen molar-refractivity contribution in [3.63, 3.8) is 0 Å². The molecule has 2 N–H and O–H groups in total. The number of anilines is 1. The van der Waals surface area contributed by atoms with Crippen LogP contribution in [-0.2, 0) is 0 Å². The van der Waals surface area contributed by atoms with E-state index in [0.29, 0.717) is 16.8 Å². The lowest BCUT2D eigenvalue weighted by Crippen LogP contribution is -2.11. The van der Waals surface area contributed by atoms with Gasteiger partial charge in [-0.25, -0.2) is 0 Å². The maximum Gasteiger partial charge on any atom is 0.291 e. The van der Waals surface area contributed by atoms with Crippen LogP contribution in [0.25, 0.3) is 11.0 Å². The predicted molar refractivity (Wildman–Crippen MR) is 81.7 cm³/mol. The van der Waals surface area contributed by atoms with Crippen LogP contribution >= 0.6 is 0 Å². The number of amides is 1. The molecule has 21 heavy (non-hydrogen) atoms. The molecule has 4 heteroatoms. The Bertz CT molecular complexity index is 800. The molecule has 1 heterocycles. The average molecular weight is 281 g/mol. The Morgan fingerprint density at radius 3 is 2.62 bits per heavy atom. The molecule has 0 radical (unpaired) electrons. The minimum atomic E-state index is -0.306. The number of para-hydroxylation sites is 1. The van der Waals surface area contributed by atoms with Gasteiger partial charge in [0.25, 0.3) is 5.91 Å². The number of hydrogen-bond donors (Lipinski definition) is 2. The summed E-state index contributed by atoms with van der Waals surface area (Å²) in [6.45, 7) is 3.61. The molecular formula is C17H15NO3. The van der Waals surface area contributed by atoms with Gasteiger partial charge in [-0.15, -0.1) is 0 Å². The minimum absolute atomic E-state index is 0.217. The molecule has 0 spiro atoms. The van der Waals surface area contributed by atoms with E-state index in [9.17, 15) is 9.90 Å². The number of nitrogens with one attached hydrogen (secondary N) is 1. The number of carbonyl (C=O) groups excluding carboxylic acids is 1. The molecule has 106 valence electrons. The zero-order valence-electron chi connectivity index (χ0n) is 11.8. The van der Waals surface area contributed by atoms with Crippen molar-refractivity contribution in [2.45, 2.75) is 13.8 Å². The van der Waals surface area contributed by atoms with E-state index in [4.69, 9.17) is 4.42 Å². The highest BCUT2D eigenvalue weighted by atomic mass is 16.3. The third-order valence-electron chi connectivity index (χ3n) is 3.44. The van der Waals surface area contributed by atoms with Crippen LogP contribution in [-0.4, -0.2) is 11.0 Å². The number of rotatable bonds is 2. The van der Waals surface area contributed by atoms with Gasteiger partial charge in [0.1, 0.15) is 11.3 Å². The fraction of sp³-hybridized carbons (Fsp3) is 0.118. The van der Waals surface area contributed by atoms with E-state index in [1.807, 2.05) is 31.2 Å². The summed E-state index contributed by atoms with van der Waals surface area (Å²) in [7, 11) is 0. The Balaban J connectivity index is 1.91. The van der Waals surface area contributed by atoms with Crippen LogP contribution in [0.2, 0.25) is 0 Å². The summed E-state index contributed by atoms with van der Waals surface area (Å²) in [5, 5.41) is 13.3. The second-order valence-electron chi connectivity index (χ2n) is 5.06. The van der Waals surface area contributed by atoms with E-state index in [1.165, 1.54) is 0 Å². The van der Waals surface area contributed by atoms with Gasteiger partial charge in [0.2, 0.25) is 0 Å². The molecule has 0 saturated carbocycles. The van der Waals surface area contributed by atoms with E-state index in [1.54, 1.807) is 25.1 Å². The maximum absolute atomic E-state index is 12.3. The quantitative estimate of drug-likeness (QED) is 0.698. The third-order valence-corrected chi connectivity index (χ3v) is 3.44. The van der Waals surface area contributed by atoms with Gasteiger partial charge in [0.15, 0.2) is 5.76 Å². The van der Waals surface area contributed by atoms with Gasteiger partial charge in [0, 0.05) is 11.1 Å². The van der Waals surface area contributed by atoms with Crippen LogP contribution in [0.15, 0.2) is 46.9 Å². The van der Waals surface area contributed by atoms with Crippen molar-refractivity contribution < 1.29 is 14.3 Å². The number of furan rings is 1. The number of hydrogen-bond acceptors (Lipinski definition) is 3. The fourth-order valence-corrected chi connectivity index (χ4v) is 2.21. The summed E-state index contributed by atoms with van der Waals surface area (Å²) < 4.78 is 5.53. The highest BCUT2D eigenvalue weighted by Gasteiger charge is 2.14. The Hall–Kier alpha value is -2.75. The topological polar surface area (TPSA) is 62.5 Å². The zero-order chi connectivity index (χ0) is 15.0. The summed E-state index contributed by atoms with van der Waals surface area (Å²) in [6, 6.07) is 12.6. The van der Waals surface area contributed by atoms with Gasteiger partial charge in [-0.3, -0.25) is 4.79 Å². The third kappa shape index (κ3) is 2.48. The van der Waals surface area contributed by atoms with Crippen molar-refractivity contribution in [3.8, 4) is 5.75 Å². The first kappa shape index (κ1) is 13.2. The van der Waals surface area contributed by atoms with E-state index in [2.05, 4.69) is 5.32 Å². The smallest absolute Gasteiger partial charge is 0.291 e. The Labute approximate surface area is 122 Å². The highest BCUT2D eigenvalue weighted by molar-refractivity contribution is 6.05. The summed E-state index contributed by atoms with van der Waals surface area (Å²) in [4.78, 5) is 12.3. The zero-order valence-corrected chi connectivity index (χ0v) is 11.8. The van der Waals surface area contributed by atoms with Crippen LogP contribution < -0.4 is 5.32 Å².